The molecule has 0 amide bonds. The van der Waals surface area contributed by atoms with E-state index < -0.39 is 0 Å². The van der Waals surface area contributed by atoms with Crippen molar-refractivity contribution in [1.82, 2.24) is 0 Å². The fourth-order valence-electron chi connectivity index (χ4n) is 2.19. The van der Waals surface area contributed by atoms with E-state index in [2.05, 4.69) is 43.3 Å². The van der Waals surface area contributed by atoms with Gasteiger partial charge >= 0.3 is 0 Å². The molecule has 1 unspecified atom stereocenters. The van der Waals surface area contributed by atoms with Crippen LogP contribution in [0.25, 0.3) is 11.6 Å². The lowest BCUT2D eigenvalue weighted by Gasteiger charge is -2.24. The topological polar surface area (TPSA) is 9.23 Å². The largest absolute Gasteiger partial charge is 0.485 e. The first-order valence-electron chi connectivity index (χ1n) is 5.87. The molecule has 1 heteroatoms. The molecule has 17 heavy (non-hydrogen) atoms. The first-order valence-corrected chi connectivity index (χ1v) is 5.87. The highest BCUT2D eigenvalue weighted by atomic mass is 16.5. The number of hydrogen-bond donors (Lipinski definition) is 0. The zero-order valence-corrected chi connectivity index (χ0v) is 9.76. The molecule has 1 atom stereocenters. The predicted molar refractivity (Wildman–Crippen MR) is 70.8 cm³/mol. The highest BCUT2D eigenvalue weighted by Crippen LogP contribution is 2.33. The first kappa shape index (κ1) is 10.2. The molecule has 0 saturated heterocycles. The van der Waals surface area contributed by atoms with E-state index in [0.29, 0.717) is 0 Å². The minimum Gasteiger partial charge on any atom is -0.485 e. The number of rotatable bonds is 1. The van der Waals surface area contributed by atoms with E-state index >= 15 is 0 Å². The number of ether oxygens (including phenoxy) is 1. The maximum atomic E-state index is 5.93. The van der Waals surface area contributed by atoms with Gasteiger partial charge < -0.3 is 4.74 Å². The van der Waals surface area contributed by atoms with Gasteiger partial charge in [0.25, 0.3) is 0 Å². The molecule has 0 aromatic heterocycles. The van der Waals surface area contributed by atoms with Crippen molar-refractivity contribution in [2.75, 3.05) is 0 Å². The fraction of sp³-hybridized carbons (Fsp3) is 0.125. The van der Waals surface area contributed by atoms with Crippen molar-refractivity contribution in [2.24, 2.45) is 0 Å². The number of fused-ring (bicyclic) bond motifs is 1. The van der Waals surface area contributed by atoms with Gasteiger partial charge in [-0.3, -0.25) is 0 Å². The lowest BCUT2D eigenvalue weighted by molar-refractivity contribution is 0.275. The molecule has 1 heterocycles. The lowest BCUT2D eigenvalue weighted by Crippen LogP contribution is -2.17. The molecule has 0 spiro atoms. The summed E-state index contributed by atoms with van der Waals surface area (Å²) in [5.41, 5.74) is 3.63. The van der Waals surface area contributed by atoms with Crippen molar-refractivity contribution < 1.29 is 4.74 Å². The first-order chi connectivity index (χ1) is 8.34. The quantitative estimate of drug-likeness (QED) is 0.708. The Kier molecular flexibility index (Phi) is 2.45. The van der Waals surface area contributed by atoms with Crippen molar-refractivity contribution in [3.8, 4) is 5.75 Å². The van der Waals surface area contributed by atoms with Crippen molar-refractivity contribution in [3.63, 3.8) is 0 Å². The van der Waals surface area contributed by atoms with Crippen molar-refractivity contribution in [1.29, 1.82) is 0 Å². The monoisotopic (exact) mass is 222 g/mol. The van der Waals surface area contributed by atoms with Gasteiger partial charge in [-0.05, 0) is 30.2 Å². The van der Waals surface area contributed by atoms with E-state index in [1.54, 1.807) is 0 Å². The van der Waals surface area contributed by atoms with E-state index in [0.717, 1.165) is 11.3 Å². The highest BCUT2D eigenvalue weighted by molar-refractivity contribution is 5.86. The number of para-hydroxylation sites is 1. The summed E-state index contributed by atoms with van der Waals surface area (Å²) in [4.78, 5) is 0. The van der Waals surface area contributed by atoms with Gasteiger partial charge in [0.05, 0.1) is 0 Å². The molecular weight excluding hydrogens is 208 g/mol. The molecule has 0 radical (unpaired) electrons. The minimum absolute atomic E-state index is 0.104. The van der Waals surface area contributed by atoms with Crippen molar-refractivity contribution in [3.05, 3.63) is 65.7 Å². The second-order valence-electron chi connectivity index (χ2n) is 4.26. The summed E-state index contributed by atoms with van der Waals surface area (Å²) in [5.74, 6) is 0.972. The smallest absolute Gasteiger partial charge is 0.127 e. The average molecular weight is 222 g/mol. The SMILES string of the molecule is CC1Oc2ccccc2C=C1c1ccccc1. The maximum Gasteiger partial charge on any atom is 0.127 e. The van der Waals surface area contributed by atoms with Crippen LogP contribution >= 0.6 is 0 Å². The molecular formula is C16H14O. The van der Waals surface area contributed by atoms with Gasteiger partial charge in [0, 0.05) is 5.56 Å². The normalized spacial score (nSPS) is 17.9. The Morgan fingerprint density at radius 1 is 0.882 bits per heavy atom. The average Bonchev–Trinajstić information content (AvgIpc) is 2.39. The van der Waals surface area contributed by atoms with E-state index in [-0.39, 0.29) is 6.10 Å². The van der Waals surface area contributed by atoms with Gasteiger partial charge in [0.2, 0.25) is 0 Å². The Labute approximate surface area is 101 Å². The zero-order chi connectivity index (χ0) is 11.7. The maximum absolute atomic E-state index is 5.93. The Morgan fingerprint density at radius 2 is 1.59 bits per heavy atom. The van der Waals surface area contributed by atoms with Crippen LogP contribution in [0.2, 0.25) is 0 Å². The van der Waals surface area contributed by atoms with Gasteiger partial charge in [-0.2, -0.15) is 0 Å². The Morgan fingerprint density at radius 3 is 2.41 bits per heavy atom. The predicted octanol–water partition coefficient (Wildman–Crippen LogP) is 4.01. The summed E-state index contributed by atoms with van der Waals surface area (Å²) in [6.07, 6.45) is 2.33. The molecule has 2 aromatic rings. The van der Waals surface area contributed by atoms with Crippen LogP contribution in [0.1, 0.15) is 18.1 Å². The van der Waals surface area contributed by atoms with Gasteiger partial charge in [-0.15, -0.1) is 0 Å². The van der Waals surface area contributed by atoms with Crippen LogP contribution in [-0.2, 0) is 0 Å². The third-order valence-electron chi connectivity index (χ3n) is 3.08. The van der Waals surface area contributed by atoms with Crippen LogP contribution < -0.4 is 4.74 Å². The van der Waals surface area contributed by atoms with Crippen LogP contribution in [0.15, 0.2) is 54.6 Å². The molecule has 1 aliphatic heterocycles. The summed E-state index contributed by atoms with van der Waals surface area (Å²) in [7, 11) is 0. The van der Waals surface area contributed by atoms with Crippen LogP contribution in [0, 0.1) is 0 Å². The highest BCUT2D eigenvalue weighted by Gasteiger charge is 2.19. The van der Waals surface area contributed by atoms with Crippen molar-refractivity contribution >= 4 is 11.6 Å². The fourth-order valence-corrected chi connectivity index (χ4v) is 2.19. The second kappa shape index (κ2) is 4.10. The zero-order valence-electron chi connectivity index (χ0n) is 9.76. The van der Waals surface area contributed by atoms with Gasteiger partial charge in [0.1, 0.15) is 11.9 Å². The Hall–Kier alpha value is -2.02. The summed E-state index contributed by atoms with van der Waals surface area (Å²) in [6.45, 7) is 2.09. The Bertz CT molecular complexity index is 555. The number of hydrogen-bond acceptors (Lipinski definition) is 1. The lowest BCUT2D eigenvalue weighted by atomic mass is 9.96. The summed E-state index contributed by atoms with van der Waals surface area (Å²) >= 11 is 0. The number of benzene rings is 2. The van der Waals surface area contributed by atoms with Crippen LogP contribution in [0.4, 0.5) is 0 Å². The second-order valence-corrected chi connectivity index (χ2v) is 4.26. The van der Waals surface area contributed by atoms with E-state index in [1.165, 1.54) is 11.1 Å². The molecule has 2 aromatic carbocycles. The van der Waals surface area contributed by atoms with Gasteiger partial charge in [0.15, 0.2) is 0 Å². The Balaban J connectivity index is 2.10. The molecule has 0 N–H and O–H groups in total. The minimum atomic E-state index is 0.104. The summed E-state index contributed by atoms with van der Waals surface area (Å²) < 4.78 is 5.93. The van der Waals surface area contributed by atoms with Crippen LogP contribution in [-0.4, -0.2) is 6.10 Å². The van der Waals surface area contributed by atoms with Gasteiger partial charge in [-0.1, -0.05) is 48.5 Å². The molecule has 0 saturated carbocycles. The molecule has 0 fully saturated rings. The molecule has 1 nitrogen and oxygen atoms in total. The molecule has 3 rings (SSSR count). The van der Waals surface area contributed by atoms with Gasteiger partial charge in [-0.25, -0.2) is 0 Å². The van der Waals surface area contributed by atoms with Crippen LogP contribution in [0.5, 0.6) is 5.75 Å². The van der Waals surface area contributed by atoms with Crippen LogP contribution in [0.3, 0.4) is 0 Å². The molecule has 0 aliphatic carbocycles. The molecule has 0 bridgehead atoms. The van der Waals surface area contributed by atoms with E-state index in [4.69, 9.17) is 4.74 Å². The van der Waals surface area contributed by atoms with E-state index in [9.17, 15) is 0 Å². The summed E-state index contributed by atoms with van der Waals surface area (Å²) in [5, 5.41) is 0. The molecule has 1 aliphatic rings. The standard InChI is InChI=1S/C16H14O/c1-12-15(13-7-3-2-4-8-13)11-14-9-5-6-10-16(14)17-12/h2-12H,1H3. The third-order valence-corrected chi connectivity index (χ3v) is 3.08. The molecule has 84 valence electrons. The van der Waals surface area contributed by atoms with E-state index in [1.807, 2.05) is 24.3 Å². The third kappa shape index (κ3) is 1.84. The summed E-state index contributed by atoms with van der Waals surface area (Å²) in [6, 6.07) is 18.6. The van der Waals surface area contributed by atoms with Crippen molar-refractivity contribution in [2.45, 2.75) is 13.0 Å².